The van der Waals surface area contributed by atoms with E-state index in [2.05, 4.69) is 36.5 Å². The van der Waals surface area contributed by atoms with Crippen LogP contribution < -0.4 is 17.7 Å². The Balaban J connectivity index is 0.000000980. The van der Waals surface area contributed by atoms with Crippen molar-refractivity contribution in [3.63, 3.8) is 0 Å². The quantitative estimate of drug-likeness (QED) is 0.707. The molecule has 1 aliphatic rings. The lowest BCUT2D eigenvalue weighted by atomic mass is 10.1. The van der Waals surface area contributed by atoms with Crippen LogP contribution in [0.4, 0.5) is 0 Å². The molecule has 1 aromatic carbocycles. The third-order valence-corrected chi connectivity index (χ3v) is 2.60. The average Bonchev–Trinajstić information content (AvgIpc) is 2.99. The lowest BCUT2D eigenvalue weighted by Crippen LogP contribution is -3.00. The van der Waals surface area contributed by atoms with Gasteiger partial charge in [0.05, 0.1) is 0 Å². The molecule has 1 fully saturated rings. The van der Waals surface area contributed by atoms with Crippen LogP contribution in [0, 0.1) is 0 Å². The first-order chi connectivity index (χ1) is 6.38. The zero-order chi connectivity index (χ0) is 9.10. The molecule has 78 valence electrons. The average molecular weight is 211 g/mol. The largest absolute Gasteiger partial charge is 1.00 e. The van der Waals surface area contributed by atoms with Crippen LogP contribution in [-0.2, 0) is 13.0 Å². The molecule has 0 unspecified atom stereocenters. The van der Waals surface area contributed by atoms with Crippen LogP contribution >= 0.6 is 0 Å². The molecule has 0 spiro atoms. The molecule has 1 aliphatic carbocycles. The minimum atomic E-state index is 0. The van der Waals surface area contributed by atoms with Gasteiger partial charge in [0.25, 0.3) is 0 Å². The highest BCUT2D eigenvalue weighted by molar-refractivity contribution is 5.22. The Morgan fingerprint density at radius 2 is 1.71 bits per heavy atom. The normalized spacial score (nSPS) is 14.9. The van der Waals surface area contributed by atoms with Gasteiger partial charge in [-0.15, -0.1) is 0 Å². The molecule has 0 aromatic heterocycles. The highest BCUT2D eigenvalue weighted by Gasteiger charge is 2.19. The molecule has 0 saturated heterocycles. The van der Waals surface area contributed by atoms with Crippen molar-refractivity contribution in [3.8, 4) is 0 Å². The maximum Gasteiger partial charge on any atom is 0.0208 e. The summed E-state index contributed by atoms with van der Waals surface area (Å²) in [6, 6.07) is 9.72. The lowest BCUT2D eigenvalue weighted by Gasteiger charge is -2.03. The van der Waals surface area contributed by atoms with E-state index in [0.29, 0.717) is 0 Å². The van der Waals surface area contributed by atoms with E-state index in [0.717, 1.165) is 19.0 Å². The summed E-state index contributed by atoms with van der Waals surface area (Å²) in [6.45, 7) is 3.23. The van der Waals surface area contributed by atoms with Gasteiger partial charge in [-0.1, -0.05) is 31.2 Å². The molecular formula is C12H17ClN-. The minimum absolute atomic E-state index is 0. The number of aryl methyl sites for hydroxylation is 1. The molecule has 0 atom stereocenters. The summed E-state index contributed by atoms with van der Waals surface area (Å²) in [5.41, 5.74) is 2.83. The van der Waals surface area contributed by atoms with E-state index in [1.54, 1.807) is 0 Å². The molecule has 0 radical (unpaired) electrons. The van der Waals surface area contributed by atoms with Crippen molar-refractivity contribution in [1.29, 1.82) is 0 Å². The van der Waals surface area contributed by atoms with E-state index >= 15 is 0 Å². The van der Waals surface area contributed by atoms with Crippen molar-refractivity contribution < 1.29 is 12.4 Å². The first kappa shape index (κ1) is 11.5. The first-order valence-corrected chi connectivity index (χ1v) is 5.19. The Hall–Kier alpha value is -0.530. The smallest absolute Gasteiger partial charge is 0.0208 e. The van der Waals surface area contributed by atoms with E-state index in [-0.39, 0.29) is 12.4 Å². The highest BCUT2D eigenvalue weighted by Crippen LogP contribution is 2.19. The third kappa shape index (κ3) is 3.32. The second kappa shape index (κ2) is 5.38. The topological polar surface area (TPSA) is 12.0 Å². The molecule has 14 heavy (non-hydrogen) atoms. The fourth-order valence-corrected chi connectivity index (χ4v) is 1.44. The maximum atomic E-state index is 3.51. The summed E-state index contributed by atoms with van der Waals surface area (Å²) in [5, 5.41) is 3.51. The van der Waals surface area contributed by atoms with Crippen molar-refractivity contribution in [2.75, 3.05) is 0 Å². The Kier molecular flexibility index (Phi) is 4.43. The second-order valence-electron chi connectivity index (χ2n) is 3.83. The molecule has 1 aromatic rings. The van der Waals surface area contributed by atoms with Crippen molar-refractivity contribution in [1.82, 2.24) is 5.32 Å². The van der Waals surface area contributed by atoms with Gasteiger partial charge in [0.15, 0.2) is 0 Å². The van der Waals surface area contributed by atoms with Gasteiger partial charge in [-0.2, -0.15) is 0 Å². The summed E-state index contributed by atoms with van der Waals surface area (Å²) < 4.78 is 0. The van der Waals surface area contributed by atoms with Gasteiger partial charge in [-0.25, -0.2) is 0 Å². The van der Waals surface area contributed by atoms with Crippen LogP contribution in [-0.4, -0.2) is 6.04 Å². The van der Waals surface area contributed by atoms with Crippen molar-refractivity contribution in [2.45, 2.75) is 38.8 Å². The molecule has 0 amide bonds. The minimum Gasteiger partial charge on any atom is -1.00 e. The molecule has 1 nitrogen and oxygen atoms in total. The Bertz CT molecular complexity index is 264. The SMILES string of the molecule is CCc1ccc(CNC2CC2)cc1.[Cl-]. The Labute approximate surface area is 92.3 Å². The molecule has 1 N–H and O–H groups in total. The third-order valence-electron chi connectivity index (χ3n) is 2.60. The van der Waals surface area contributed by atoms with Crippen LogP contribution in [0.5, 0.6) is 0 Å². The fourth-order valence-electron chi connectivity index (χ4n) is 1.44. The predicted octanol–water partition coefficient (Wildman–Crippen LogP) is -0.495. The second-order valence-corrected chi connectivity index (χ2v) is 3.83. The monoisotopic (exact) mass is 210 g/mol. The maximum absolute atomic E-state index is 3.51. The summed E-state index contributed by atoms with van der Waals surface area (Å²) in [4.78, 5) is 0. The van der Waals surface area contributed by atoms with Crippen molar-refractivity contribution in [3.05, 3.63) is 35.4 Å². The number of nitrogens with one attached hydrogen (secondary N) is 1. The van der Waals surface area contributed by atoms with Crippen molar-refractivity contribution in [2.24, 2.45) is 0 Å². The Morgan fingerprint density at radius 3 is 2.21 bits per heavy atom. The molecule has 2 rings (SSSR count). The lowest BCUT2D eigenvalue weighted by molar-refractivity contribution is -0.00000278. The van der Waals surface area contributed by atoms with Gasteiger partial charge in [0, 0.05) is 12.6 Å². The summed E-state index contributed by atoms with van der Waals surface area (Å²) in [6.07, 6.45) is 3.87. The van der Waals surface area contributed by atoms with Gasteiger partial charge < -0.3 is 17.7 Å². The van der Waals surface area contributed by atoms with Gasteiger partial charge in [0.2, 0.25) is 0 Å². The van der Waals surface area contributed by atoms with Crippen LogP contribution in [0.3, 0.4) is 0 Å². The molecular weight excluding hydrogens is 194 g/mol. The van der Waals surface area contributed by atoms with Gasteiger partial charge in [-0.3, -0.25) is 0 Å². The first-order valence-electron chi connectivity index (χ1n) is 5.19. The highest BCUT2D eigenvalue weighted by atomic mass is 35.5. The van der Waals surface area contributed by atoms with E-state index in [4.69, 9.17) is 0 Å². The zero-order valence-corrected chi connectivity index (χ0v) is 9.35. The molecule has 0 aliphatic heterocycles. The van der Waals surface area contributed by atoms with Crippen LogP contribution in [0.15, 0.2) is 24.3 Å². The fraction of sp³-hybridized carbons (Fsp3) is 0.500. The summed E-state index contributed by atoms with van der Waals surface area (Å²) >= 11 is 0. The van der Waals surface area contributed by atoms with E-state index in [9.17, 15) is 0 Å². The number of halogens is 1. The molecule has 2 heteroatoms. The summed E-state index contributed by atoms with van der Waals surface area (Å²) in [5.74, 6) is 0. The number of hydrogen-bond acceptors (Lipinski definition) is 1. The van der Waals surface area contributed by atoms with Crippen molar-refractivity contribution >= 4 is 0 Å². The molecule has 0 bridgehead atoms. The number of hydrogen-bond donors (Lipinski definition) is 1. The number of rotatable bonds is 4. The Morgan fingerprint density at radius 1 is 1.14 bits per heavy atom. The standard InChI is InChI=1S/C12H17N.ClH/c1-2-10-3-5-11(6-4-10)9-13-12-7-8-12;/h3-6,12-13H,2,7-9H2,1H3;1H/p-1. The zero-order valence-electron chi connectivity index (χ0n) is 8.59. The summed E-state index contributed by atoms with van der Waals surface area (Å²) in [7, 11) is 0. The van der Waals surface area contributed by atoms with Crippen LogP contribution in [0.25, 0.3) is 0 Å². The van der Waals surface area contributed by atoms with Gasteiger partial charge in [0.1, 0.15) is 0 Å². The predicted molar refractivity (Wildman–Crippen MR) is 55.7 cm³/mol. The van der Waals surface area contributed by atoms with E-state index in [1.165, 1.54) is 24.0 Å². The van der Waals surface area contributed by atoms with Crippen LogP contribution in [0.2, 0.25) is 0 Å². The van der Waals surface area contributed by atoms with E-state index in [1.807, 2.05) is 0 Å². The van der Waals surface area contributed by atoms with E-state index < -0.39 is 0 Å². The molecule has 1 saturated carbocycles. The van der Waals surface area contributed by atoms with Crippen LogP contribution in [0.1, 0.15) is 30.9 Å². The number of benzene rings is 1. The van der Waals surface area contributed by atoms with Gasteiger partial charge >= 0.3 is 0 Å². The van der Waals surface area contributed by atoms with Gasteiger partial charge in [-0.05, 0) is 30.4 Å². The molecule has 0 heterocycles.